The number of nitrogens with zero attached hydrogens (tertiary/aromatic N) is 1. The van der Waals surface area contributed by atoms with Crippen molar-refractivity contribution in [2.24, 2.45) is 0 Å². The molecule has 0 aromatic heterocycles. The first-order valence-corrected chi connectivity index (χ1v) is 7.83. The smallest absolute Gasteiger partial charge is 0.312 e. The van der Waals surface area contributed by atoms with Crippen LogP contribution in [-0.2, 0) is 10.0 Å². The average molecular weight is 301 g/mol. The van der Waals surface area contributed by atoms with Gasteiger partial charge in [-0.25, -0.2) is 13.1 Å². The highest BCUT2D eigenvalue weighted by Gasteiger charge is 2.28. The molecular formula is C12H19N3O4S. The molecule has 1 aromatic rings. The third kappa shape index (κ3) is 3.91. The van der Waals surface area contributed by atoms with Crippen molar-refractivity contribution in [1.82, 2.24) is 4.72 Å². The summed E-state index contributed by atoms with van der Waals surface area (Å²) >= 11 is 0. The van der Waals surface area contributed by atoms with Crippen LogP contribution in [0.3, 0.4) is 0 Å². The van der Waals surface area contributed by atoms with Crippen LogP contribution < -0.4 is 10.5 Å². The first-order chi connectivity index (χ1) is 9.29. The van der Waals surface area contributed by atoms with Gasteiger partial charge in [0.05, 0.1) is 4.92 Å². The fourth-order valence-corrected chi connectivity index (χ4v) is 3.33. The van der Waals surface area contributed by atoms with Crippen LogP contribution in [0.15, 0.2) is 23.1 Å². The lowest BCUT2D eigenvalue weighted by atomic mass is 10.2. The molecule has 7 nitrogen and oxygen atoms in total. The van der Waals surface area contributed by atoms with Crippen molar-refractivity contribution in [2.45, 2.75) is 44.0 Å². The Kier molecular flexibility index (Phi) is 5.46. The summed E-state index contributed by atoms with van der Waals surface area (Å²) in [4.78, 5) is 9.81. The standard InChI is InChI=1S/C12H19N3O4S/c1-3-4-6-9(2)14-20(18,19)11-8-5-7-10(13)12(11)15(16)17/h5,7-9,14H,3-4,6,13H2,1-2H3. The second-order valence-corrected chi connectivity index (χ2v) is 6.30. The van der Waals surface area contributed by atoms with E-state index < -0.39 is 25.5 Å². The van der Waals surface area contributed by atoms with E-state index in [1.807, 2.05) is 6.92 Å². The minimum atomic E-state index is -3.96. The maximum Gasteiger partial charge on any atom is 0.312 e. The van der Waals surface area contributed by atoms with Crippen LogP contribution in [0.25, 0.3) is 0 Å². The summed E-state index contributed by atoms with van der Waals surface area (Å²) in [5.74, 6) is 0. The predicted octanol–water partition coefficient (Wildman–Crippen LogP) is 2.03. The van der Waals surface area contributed by atoms with Crippen molar-refractivity contribution >= 4 is 21.4 Å². The highest BCUT2D eigenvalue weighted by molar-refractivity contribution is 7.89. The second kappa shape index (κ2) is 6.67. The van der Waals surface area contributed by atoms with Crippen molar-refractivity contribution in [2.75, 3.05) is 5.73 Å². The molecule has 20 heavy (non-hydrogen) atoms. The zero-order valence-corrected chi connectivity index (χ0v) is 12.3. The zero-order chi connectivity index (χ0) is 15.3. The van der Waals surface area contributed by atoms with Gasteiger partial charge in [-0.1, -0.05) is 25.8 Å². The minimum Gasteiger partial charge on any atom is -0.393 e. The Bertz CT molecular complexity index is 586. The fraction of sp³-hybridized carbons (Fsp3) is 0.500. The zero-order valence-electron chi connectivity index (χ0n) is 11.5. The largest absolute Gasteiger partial charge is 0.393 e. The summed E-state index contributed by atoms with van der Waals surface area (Å²) in [7, 11) is -3.96. The van der Waals surface area contributed by atoms with Crippen LogP contribution >= 0.6 is 0 Å². The summed E-state index contributed by atoms with van der Waals surface area (Å²) < 4.78 is 26.9. The SMILES string of the molecule is CCCCC(C)NS(=O)(=O)c1cccc(N)c1[N+](=O)[O-]. The highest BCUT2D eigenvalue weighted by Crippen LogP contribution is 2.29. The number of nitro groups is 1. The van der Waals surface area contributed by atoms with Crippen molar-refractivity contribution in [3.63, 3.8) is 0 Å². The van der Waals surface area contributed by atoms with Gasteiger partial charge >= 0.3 is 5.69 Å². The Balaban J connectivity index is 3.10. The predicted molar refractivity (Wildman–Crippen MR) is 76.8 cm³/mol. The number of nitro benzene ring substituents is 1. The normalized spacial score (nSPS) is 13.1. The number of hydrogen-bond acceptors (Lipinski definition) is 5. The molecule has 0 amide bonds. The van der Waals surface area contributed by atoms with Gasteiger partial charge in [0.1, 0.15) is 5.69 Å². The third-order valence-corrected chi connectivity index (χ3v) is 4.47. The van der Waals surface area contributed by atoms with Gasteiger partial charge in [0.2, 0.25) is 10.0 Å². The van der Waals surface area contributed by atoms with E-state index in [-0.39, 0.29) is 11.7 Å². The van der Waals surface area contributed by atoms with Crippen LogP contribution in [0, 0.1) is 10.1 Å². The quantitative estimate of drug-likeness (QED) is 0.454. The Morgan fingerprint density at radius 3 is 2.65 bits per heavy atom. The molecule has 3 N–H and O–H groups in total. The molecule has 1 rings (SSSR count). The minimum absolute atomic E-state index is 0.168. The van der Waals surface area contributed by atoms with E-state index in [4.69, 9.17) is 5.73 Å². The Labute approximate surface area is 118 Å². The molecule has 1 unspecified atom stereocenters. The summed E-state index contributed by atoms with van der Waals surface area (Å²) in [6, 6.07) is 3.58. The number of nitrogens with two attached hydrogens (primary N) is 1. The summed E-state index contributed by atoms with van der Waals surface area (Å²) in [6.45, 7) is 3.73. The van der Waals surface area contributed by atoms with E-state index in [1.54, 1.807) is 6.92 Å². The molecule has 0 radical (unpaired) electrons. The van der Waals surface area contributed by atoms with E-state index in [2.05, 4.69) is 4.72 Å². The lowest BCUT2D eigenvalue weighted by molar-refractivity contribution is -0.386. The Hall–Kier alpha value is -1.67. The summed E-state index contributed by atoms with van der Waals surface area (Å²) in [6.07, 6.45) is 2.50. The van der Waals surface area contributed by atoms with Gasteiger partial charge in [-0.3, -0.25) is 10.1 Å². The molecule has 0 saturated carbocycles. The average Bonchev–Trinajstić information content (AvgIpc) is 2.35. The number of nitrogen functional groups attached to an aromatic ring is 1. The Morgan fingerprint density at radius 1 is 1.45 bits per heavy atom. The second-order valence-electron chi connectivity index (χ2n) is 4.62. The van der Waals surface area contributed by atoms with Crippen molar-refractivity contribution < 1.29 is 13.3 Å². The summed E-state index contributed by atoms with van der Waals surface area (Å²) in [5.41, 5.74) is 4.75. The Morgan fingerprint density at radius 2 is 2.10 bits per heavy atom. The monoisotopic (exact) mass is 301 g/mol. The lowest BCUT2D eigenvalue weighted by Gasteiger charge is -2.14. The number of para-hydroxylation sites is 1. The van der Waals surface area contributed by atoms with Gasteiger partial charge < -0.3 is 5.73 Å². The molecule has 0 saturated heterocycles. The van der Waals surface area contributed by atoms with Crippen LogP contribution in [0.5, 0.6) is 0 Å². The first kappa shape index (κ1) is 16.4. The van der Waals surface area contributed by atoms with Gasteiger partial charge in [-0.05, 0) is 25.5 Å². The maximum absolute atomic E-state index is 12.2. The number of hydrogen-bond donors (Lipinski definition) is 2. The van der Waals surface area contributed by atoms with Crippen LogP contribution in [-0.4, -0.2) is 19.4 Å². The van der Waals surface area contributed by atoms with E-state index in [9.17, 15) is 18.5 Å². The number of unbranched alkanes of at least 4 members (excludes halogenated alkanes) is 1. The molecule has 0 aliphatic rings. The van der Waals surface area contributed by atoms with Gasteiger partial charge in [-0.15, -0.1) is 0 Å². The molecule has 0 aliphatic carbocycles. The number of sulfonamides is 1. The van der Waals surface area contributed by atoms with Gasteiger partial charge in [-0.2, -0.15) is 0 Å². The molecule has 0 fully saturated rings. The van der Waals surface area contributed by atoms with Gasteiger partial charge in [0, 0.05) is 6.04 Å². The van der Waals surface area contributed by atoms with E-state index >= 15 is 0 Å². The van der Waals surface area contributed by atoms with Crippen molar-refractivity contribution in [3.8, 4) is 0 Å². The molecule has 1 aromatic carbocycles. The third-order valence-electron chi connectivity index (χ3n) is 2.85. The number of rotatable bonds is 7. The maximum atomic E-state index is 12.2. The summed E-state index contributed by atoms with van der Waals surface area (Å²) in [5, 5.41) is 11.0. The number of nitrogens with one attached hydrogen (secondary N) is 1. The van der Waals surface area contributed by atoms with Gasteiger partial charge in [0.25, 0.3) is 0 Å². The van der Waals surface area contributed by atoms with E-state index in [1.165, 1.54) is 18.2 Å². The number of benzene rings is 1. The van der Waals surface area contributed by atoms with Crippen molar-refractivity contribution in [1.29, 1.82) is 0 Å². The topological polar surface area (TPSA) is 115 Å². The van der Waals surface area contributed by atoms with E-state index in [0.717, 1.165) is 12.8 Å². The molecule has 0 aliphatic heterocycles. The van der Waals surface area contributed by atoms with Gasteiger partial charge in [0.15, 0.2) is 4.90 Å². The number of anilines is 1. The molecule has 8 heteroatoms. The molecule has 0 bridgehead atoms. The fourth-order valence-electron chi connectivity index (χ4n) is 1.85. The van der Waals surface area contributed by atoms with Crippen LogP contribution in [0.2, 0.25) is 0 Å². The molecule has 0 spiro atoms. The molecule has 1 atom stereocenters. The highest BCUT2D eigenvalue weighted by atomic mass is 32.2. The molecule has 112 valence electrons. The molecular weight excluding hydrogens is 282 g/mol. The lowest BCUT2D eigenvalue weighted by Crippen LogP contribution is -2.33. The van der Waals surface area contributed by atoms with E-state index in [0.29, 0.717) is 6.42 Å². The molecule has 0 heterocycles. The first-order valence-electron chi connectivity index (χ1n) is 6.34. The van der Waals surface area contributed by atoms with Crippen molar-refractivity contribution in [3.05, 3.63) is 28.3 Å². The van der Waals surface area contributed by atoms with Crippen LogP contribution in [0.1, 0.15) is 33.1 Å². The van der Waals surface area contributed by atoms with Crippen LogP contribution in [0.4, 0.5) is 11.4 Å².